The summed E-state index contributed by atoms with van der Waals surface area (Å²) in [6, 6.07) is -0.501. The van der Waals surface area contributed by atoms with Gasteiger partial charge >= 0.3 is 0 Å². The van der Waals surface area contributed by atoms with Crippen LogP contribution in [0.2, 0.25) is 0 Å². The van der Waals surface area contributed by atoms with Gasteiger partial charge < -0.3 is 15.8 Å². The minimum Gasteiger partial charge on any atom is -0.385 e. The van der Waals surface area contributed by atoms with E-state index in [-0.39, 0.29) is 5.91 Å². The van der Waals surface area contributed by atoms with E-state index in [2.05, 4.69) is 10.3 Å². The second-order valence-electron chi connectivity index (χ2n) is 3.52. The SMILES string of the molecule is COCCCC(N)C(=O)Nc1nc(C)cs1. The first-order chi connectivity index (χ1) is 7.63. The van der Waals surface area contributed by atoms with E-state index in [1.807, 2.05) is 12.3 Å². The molecule has 1 atom stereocenters. The van der Waals surface area contributed by atoms with Gasteiger partial charge in [0, 0.05) is 19.1 Å². The lowest BCUT2D eigenvalue weighted by molar-refractivity contribution is -0.117. The van der Waals surface area contributed by atoms with Gasteiger partial charge in [-0.25, -0.2) is 4.98 Å². The highest BCUT2D eigenvalue weighted by Crippen LogP contribution is 2.14. The highest BCUT2D eigenvalue weighted by atomic mass is 32.1. The molecule has 0 saturated heterocycles. The number of nitrogens with two attached hydrogens (primary N) is 1. The molecular formula is C10H17N3O2S. The number of aromatic nitrogens is 1. The van der Waals surface area contributed by atoms with Gasteiger partial charge in [0.2, 0.25) is 5.91 Å². The zero-order chi connectivity index (χ0) is 12.0. The Kier molecular flexibility index (Phi) is 5.37. The predicted octanol–water partition coefficient (Wildman–Crippen LogP) is 1.14. The summed E-state index contributed by atoms with van der Waals surface area (Å²) >= 11 is 1.40. The van der Waals surface area contributed by atoms with Crippen molar-refractivity contribution in [3.63, 3.8) is 0 Å². The molecule has 0 aliphatic carbocycles. The fraction of sp³-hybridized carbons (Fsp3) is 0.600. The maximum Gasteiger partial charge on any atom is 0.243 e. The first kappa shape index (κ1) is 13.1. The number of nitrogens with zero attached hydrogens (tertiary/aromatic N) is 1. The fourth-order valence-electron chi connectivity index (χ4n) is 1.19. The third-order valence-electron chi connectivity index (χ3n) is 2.05. The van der Waals surface area contributed by atoms with Gasteiger partial charge in [-0.1, -0.05) is 0 Å². The Labute approximate surface area is 99.0 Å². The summed E-state index contributed by atoms with van der Waals surface area (Å²) in [4.78, 5) is 15.7. The van der Waals surface area contributed by atoms with E-state index in [1.54, 1.807) is 7.11 Å². The fourth-order valence-corrected chi connectivity index (χ4v) is 1.88. The van der Waals surface area contributed by atoms with Crippen molar-refractivity contribution >= 4 is 22.4 Å². The van der Waals surface area contributed by atoms with Crippen molar-refractivity contribution in [2.75, 3.05) is 19.0 Å². The minimum absolute atomic E-state index is 0.189. The van der Waals surface area contributed by atoms with Crippen molar-refractivity contribution in [3.8, 4) is 0 Å². The topological polar surface area (TPSA) is 77.2 Å². The van der Waals surface area contributed by atoms with Crippen molar-refractivity contribution in [3.05, 3.63) is 11.1 Å². The van der Waals surface area contributed by atoms with Crippen molar-refractivity contribution < 1.29 is 9.53 Å². The number of hydrogen-bond donors (Lipinski definition) is 2. The van der Waals surface area contributed by atoms with Crippen molar-refractivity contribution in [2.24, 2.45) is 5.73 Å². The molecule has 6 heteroatoms. The van der Waals surface area contributed by atoms with Gasteiger partial charge in [-0.05, 0) is 19.8 Å². The summed E-state index contributed by atoms with van der Waals surface area (Å²) in [5.41, 5.74) is 6.62. The highest BCUT2D eigenvalue weighted by molar-refractivity contribution is 7.13. The minimum atomic E-state index is -0.501. The molecule has 3 N–H and O–H groups in total. The monoisotopic (exact) mass is 243 g/mol. The summed E-state index contributed by atoms with van der Waals surface area (Å²) in [6.07, 6.45) is 1.39. The summed E-state index contributed by atoms with van der Waals surface area (Å²) in [5.74, 6) is -0.189. The molecule has 1 aromatic heterocycles. The number of rotatable bonds is 6. The molecule has 1 aromatic rings. The van der Waals surface area contributed by atoms with Gasteiger partial charge in [-0.2, -0.15) is 0 Å². The molecule has 1 unspecified atom stereocenters. The van der Waals surface area contributed by atoms with Crippen LogP contribution in [0.15, 0.2) is 5.38 Å². The standard InChI is InChI=1S/C10H17N3O2S/c1-7-6-16-10(12-7)13-9(14)8(11)4-3-5-15-2/h6,8H,3-5,11H2,1-2H3,(H,12,13,14). The molecule has 16 heavy (non-hydrogen) atoms. The first-order valence-corrected chi connectivity index (χ1v) is 5.99. The quantitative estimate of drug-likeness (QED) is 0.735. The van der Waals surface area contributed by atoms with E-state index >= 15 is 0 Å². The highest BCUT2D eigenvalue weighted by Gasteiger charge is 2.14. The number of anilines is 1. The largest absolute Gasteiger partial charge is 0.385 e. The van der Waals surface area contributed by atoms with E-state index in [1.165, 1.54) is 11.3 Å². The second-order valence-corrected chi connectivity index (χ2v) is 4.38. The number of amides is 1. The molecule has 0 saturated carbocycles. The number of nitrogens with one attached hydrogen (secondary N) is 1. The van der Waals surface area contributed by atoms with E-state index < -0.39 is 6.04 Å². The van der Waals surface area contributed by atoms with Crippen LogP contribution in [0.25, 0.3) is 0 Å². The second kappa shape index (κ2) is 6.57. The molecule has 1 heterocycles. The van der Waals surface area contributed by atoms with Crippen LogP contribution < -0.4 is 11.1 Å². The predicted molar refractivity (Wildman–Crippen MR) is 64.6 cm³/mol. The van der Waals surface area contributed by atoms with Crippen LogP contribution in [-0.2, 0) is 9.53 Å². The molecule has 1 amide bonds. The normalized spacial score (nSPS) is 12.4. The third-order valence-corrected chi connectivity index (χ3v) is 2.93. The average molecular weight is 243 g/mol. The van der Waals surface area contributed by atoms with Gasteiger partial charge in [0.1, 0.15) is 0 Å². The van der Waals surface area contributed by atoms with Crippen LogP contribution in [0, 0.1) is 6.92 Å². The molecule has 0 aliphatic rings. The Balaban J connectivity index is 2.34. The molecule has 0 spiro atoms. The van der Waals surface area contributed by atoms with Crippen LogP contribution in [0.4, 0.5) is 5.13 Å². The Morgan fingerprint density at radius 2 is 2.50 bits per heavy atom. The zero-order valence-corrected chi connectivity index (χ0v) is 10.3. The molecular weight excluding hydrogens is 226 g/mol. The molecule has 5 nitrogen and oxygen atoms in total. The smallest absolute Gasteiger partial charge is 0.243 e. The van der Waals surface area contributed by atoms with Crippen LogP contribution in [0.5, 0.6) is 0 Å². The summed E-state index contributed by atoms with van der Waals surface area (Å²) in [6.45, 7) is 2.50. The van der Waals surface area contributed by atoms with Crippen molar-refractivity contribution in [1.82, 2.24) is 4.98 Å². The lowest BCUT2D eigenvalue weighted by Gasteiger charge is -2.09. The van der Waals surface area contributed by atoms with Gasteiger partial charge in [0.05, 0.1) is 11.7 Å². The van der Waals surface area contributed by atoms with Crippen LogP contribution >= 0.6 is 11.3 Å². The molecule has 0 aromatic carbocycles. The van der Waals surface area contributed by atoms with E-state index in [9.17, 15) is 4.79 Å². The lowest BCUT2D eigenvalue weighted by Crippen LogP contribution is -2.35. The number of methoxy groups -OCH3 is 1. The zero-order valence-electron chi connectivity index (χ0n) is 9.53. The first-order valence-electron chi connectivity index (χ1n) is 5.11. The number of ether oxygens (including phenoxy) is 1. The number of carbonyl (C=O) groups excluding carboxylic acids is 1. The number of carbonyl (C=O) groups is 1. The molecule has 1 rings (SSSR count). The maximum absolute atomic E-state index is 11.6. The summed E-state index contributed by atoms with van der Waals surface area (Å²) in [7, 11) is 1.63. The number of aryl methyl sites for hydroxylation is 1. The number of thiazole rings is 1. The van der Waals surface area contributed by atoms with Crippen molar-refractivity contribution in [2.45, 2.75) is 25.8 Å². The van der Waals surface area contributed by atoms with Gasteiger partial charge in [0.15, 0.2) is 5.13 Å². The Hall–Kier alpha value is -0.980. The molecule has 0 radical (unpaired) electrons. The Morgan fingerprint density at radius 3 is 3.06 bits per heavy atom. The summed E-state index contributed by atoms with van der Waals surface area (Å²) < 4.78 is 4.90. The molecule has 0 fully saturated rings. The molecule has 0 bridgehead atoms. The van der Waals surface area contributed by atoms with Gasteiger partial charge in [-0.3, -0.25) is 4.79 Å². The van der Waals surface area contributed by atoms with E-state index in [4.69, 9.17) is 10.5 Å². The third kappa shape index (κ3) is 4.26. The molecule has 0 aliphatic heterocycles. The Bertz CT molecular complexity index is 341. The molecule has 90 valence electrons. The van der Waals surface area contributed by atoms with Crippen molar-refractivity contribution in [1.29, 1.82) is 0 Å². The van der Waals surface area contributed by atoms with Gasteiger partial charge in [0.25, 0.3) is 0 Å². The van der Waals surface area contributed by atoms with E-state index in [0.717, 1.165) is 12.1 Å². The Morgan fingerprint density at radius 1 is 1.75 bits per heavy atom. The van der Waals surface area contributed by atoms with Crippen LogP contribution in [0.1, 0.15) is 18.5 Å². The van der Waals surface area contributed by atoms with Crippen LogP contribution in [0.3, 0.4) is 0 Å². The average Bonchev–Trinajstić information content (AvgIpc) is 2.64. The lowest BCUT2D eigenvalue weighted by atomic mass is 10.1. The van der Waals surface area contributed by atoms with Crippen LogP contribution in [-0.4, -0.2) is 30.6 Å². The maximum atomic E-state index is 11.6. The van der Waals surface area contributed by atoms with E-state index in [0.29, 0.717) is 18.2 Å². The number of hydrogen-bond acceptors (Lipinski definition) is 5. The van der Waals surface area contributed by atoms with Gasteiger partial charge in [-0.15, -0.1) is 11.3 Å². The summed E-state index contributed by atoms with van der Waals surface area (Å²) in [5, 5.41) is 5.17.